The summed E-state index contributed by atoms with van der Waals surface area (Å²) < 4.78 is 10.7. The number of carbonyl (C=O) groups excluding carboxylic acids is 2. The topological polar surface area (TPSA) is 92.0 Å². The van der Waals surface area contributed by atoms with Crippen molar-refractivity contribution in [3.8, 4) is 5.75 Å². The number of nitrogens with zero attached hydrogens (tertiary/aromatic N) is 5. The van der Waals surface area contributed by atoms with Crippen LogP contribution in [0.5, 0.6) is 5.75 Å². The number of likely N-dealkylation sites (N-methyl/N-ethyl adjacent to an activating group) is 2. The molecule has 9 heteroatoms. The molecule has 0 spiro atoms. The summed E-state index contributed by atoms with van der Waals surface area (Å²) in [5, 5.41) is 7.36. The van der Waals surface area contributed by atoms with E-state index < -0.39 is 0 Å². The minimum Gasteiger partial charge on any atom is -0.490 e. The van der Waals surface area contributed by atoms with Gasteiger partial charge in [-0.1, -0.05) is 11.2 Å². The maximum absolute atomic E-state index is 12.6. The van der Waals surface area contributed by atoms with Crippen molar-refractivity contribution in [1.29, 1.82) is 0 Å². The SMILES string of the molecule is Cc1nonc1C(=O)N1CCC(Oc2cccc(C(=O)N(C)CCN(C)C)c2)CC1. The quantitative estimate of drug-likeness (QED) is 0.679. The van der Waals surface area contributed by atoms with Gasteiger partial charge >= 0.3 is 0 Å². The molecule has 0 unspecified atom stereocenters. The highest BCUT2D eigenvalue weighted by molar-refractivity contribution is 5.94. The van der Waals surface area contributed by atoms with Gasteiger partial charge in [0.1, 0.15) is 17.5 Å². The molecule has 1 aromatic carbocycles. The van der Waals surface area contributed by atoms with Crippen LogP contribution in [-0.4, -0.2) is 90.3 Å². The minimum absolute atomic E-state index is 0.0117. The molecule has 1 aliphatic heterocycles. The first-order valence-corrected chi connectivity index (χ1v) is 10.1. The zero-order valence-electron chi connectivity index (χ0n) is 18.0. The number of hydrogen-bond acceptors (Lipinski definition) is 7. The van der Waals surface area contributed by atoms with Crippen molar-refractivity contribution in [1.82, 2.24) is 25.0 Å². The molecule has 2 amide bonds. The molecule has 9 nitrogen and oxygen atoms in total. The highest BCUT2D eigenvalue weighted by Gasteiger charge is 2.28. The maximum atomic E-state index is 12.6. The van der Waals surface area contributed by atoms with Gasteiger partial charge in [-0.05, 0) is 44.4 Å². The lowest BCUT2D eigenvalue weighted by Gasteiger charge is -2.31. The first kappa shape index (κ1) is 21.8. The Morgan fingerprint density at radius 1 is 1.17 bits per heavy atom. The van der Waals surface area contributed by atoms with Gasteiger partial charge in [-0.25, -0.2) is 4.63 Å². The van der Waals surface area contributed by atoms with E-state index in [1.807, 2.05) is 31.1 Å². The molecule has 1 aliphatic rings. The molecule has 1 fully saturated rings. The number of piperidine rings is 1. The average molecular weight is 415 g/mol. The second-order valence-electron chi connectivity index (χ2n) is 7.87. The van der Waals surface area contributed by atoms with Gasteiger partial charge in [0, 0.05) is 51.6 Å². The molecule has 0 saturated carbocycles. The standard InChI is InChI=1S/C21H29N5O4/c1-15-19(23-30-22-15)21(28)26-10-8-17(9-11-26)29-18-7-5-6-16(14-18)20(27)25(4)13-12-24(2)3/h5-7,14,17H,8-13H2,1-4H3. The zero-order chi connectivity index (χ0) is 21.7. The Kier molecular flexibility index (Phi) is 7.04. The van der Waals surface area contributed by atoms with Crippen LogP contribution in [0.1, 0.15) is 39.4 Å². The molecule has 30 heavy (non-hydrogen) atoms. The predicted molar refractivity (Wildman–Crippen MR) is 111 cm³/mol. The molecular weight excluding hydrogens is 386 g/mol. The molecule has 0 N–H and O–H groups in total. The second kappa shape index (κ2) is 9.71. The Hall–Kier alpha value is -2.94. The summed E-state index contributed by atoms with van der Waals surface area (Å²) in [5.74, 6) is 0.475. The van der Waals surface area contributed by atoms with Crippen LogP contribution in [0.15, 0.2) is 28.9 Å². The van der Waals surface area contributed by atoms with Crippen LogP contribution >= 0.6 is 0 Å². The van der Waals surface area contributed by atoms with Crippen LogP contribution in [0.2, 0.25) is 0 Å². The number of aryl methyl sites for hydroxylation is 1. The van der Waals surface area contributed by atoms with Crippen molar-refractivity contribution in [2.24, 2.45) is 0 Å². The van der Waals surface area contributed by atoms with Gasteiger partial charge in [0.25, 0.3) is 11.8 Å². The molecule has 2 aromatic rings. The molecule has 1 aromatic heterocycles. The molecule has 0 bridgehead atoms. The third-order valence-electron chi connectivity index (χ3n) is 5.20. The van der Waals surface area contributed by atoms with Crippen molar-refractivity contribution in [3.05, 3.63) is 41.2 Å². The maximum Gasteiger partial charge on any atom is 0.278 e. The Morgan fingerprint density at radius 2 is 1.90 bits per heavy atom. The van der Waals surface area contributed by atoms with E-state index in [9.17, 15) is 9.59 Å². The molecule has 0 aliphatic carbocycles. The summed E-state index contributed by atoms with van der Waals surface area (Å²) in [5.41, 5.74) is 1.37. The molecular formula is C21H29N5O4. The Balaban J connectivity index is 1.54. The van der Waals surface area contributed by atoms with Crippen LogP contribution in [0.3, 0.4) is 0 Å². The third kappa shape index (κ3) is 5.35. The first-order chi connectivity index (χ1) is 14.3. The number of rotatable bonds is 7. The number of aromatic nitrogens is 2. The minimum atomic E-state index is -0.166. The first-order valence-electron chi connectivity index (χ1n) is 10.1. The van der Waals surface area contributed by atoms with Crippen LogP contribution in [0.4, 0.5) is 0 Å². The van der Waals surface area contributed by atoms with Crippen molar-refractivity contribution in [3.63, 3.8) is 0 Å². The van der Waals surface area contributed by atoms with Crippen LogP contribution in [-0.2, 0) is 0 Å². The summed E-state index contributed by atoms with van der Waals surface area (Å²) in [4.78, 5) is 30.6. The predicted octanol–water partition coefficient (Wildman–Crippen LogP) is 1.70. The van der Waals surface area contributed by atoms with Gasteiger partial charge in [-0.3, -0.25) is 9.59 Å². The van der Waals surface area contributed by atoms with Gasteiger partial charge in [0.15, 0.2) is 5.69 Å². The highest BCUT2D eigenvalue weighted by atomic mass is 16.6. The fourth-order valence-electron chi connectivity index (χ4n) is 3.32. The fourth-order valence-corrected chi connectivity index (χ4v) is 3.32. The summed E-state index contributed by atoms with van der Waals surface area (Å²) in [6.45, 7) is 4.30. The molecule has 162 valence electrons. The van der Waals surface area contributed by atoms with E-state index in [4.69, 9.17) is 4.74 Å². The summed E-state index contributed by atoms with van der Waals surface area (Å²) in [6.07, 6.45) is 1.40. The number of likely N-dealkylation sites (tertiary alicyclic amines) is 1. The summed E-state index contributed by atoms with van der Waals surface area (Å²) in [6, 6.07) is 7.28. The monoisotopic (exact) mass is 415 g/mol. The number of ether oxygens (including phenoxy) is 1. The molecule has 1 saturated heterocycles. The van der Waals surface area contributed by atoms with Crippen molar-refractivity contribution < 1.29 is 19.0 Å². The van der Waals surface area contributed by atoms with Gasteiger partial charge in [-0.2, -0.15) is 0 Å². The molecule has 0 radical (unpaired) electrons. The van der Waals surface area contributed by atoms with E-state index in [0.717, 1.165) is 6.54 Å². The largest absolute Gasteiger partial charge is 0.490 e. The molecule has 3 rings (SSSR count). The van der Waals surface area contributed by atoms with Gasteiger partial charge in [-0.15, -0.1) is 0 Å². The average Bonchev–Trinajstić information content (AvgIpc) is 3.17. The number of benzene rings is 1. The second-order valence-corrected chi connectivity index (χ2v) is 7.87. The van der Waals surface area contributed by atoms with Crippen LogP contribution < -0.4 is 4.74 Å². The summed E-state index contributed by atoms with van der Waals surface area (Å²) >= 11 is 0. The smallest absolute Gasteiger partial charge is 0.278 e. The van der Waals surface area contributed by atoms with E-state index in [1.165, 1.54) is 0 Å². The van der Waals surface area contributed by atoms with Gasteiger partial charge < -0.3 is 19.4 Å². The van der Waals surface area contributed by atoms with Crippen molar-refractivity contribution in [2.75, 3.05) is 47.3 Å². The fraction of sp³-hybridized carbons (Fsp3) is 0.524. The van der Waals surface area contributed by atoms with E-state index in [0.29, 0.717) is 49.5 Å². The Labute approximate surface area is 176 Å². The third-order valence-corrected chi connectivity index (χ3v) is 5.20. The lowest BCUT2D eigenvalue weighted by atomic mass is 10.1. The van der Waals surface area contributed by atoms with E-state index in [1.54, 1.807) is 35.9 Å². The lowest BCUT2D eigenvalue weighted by molar-refractivity contribution is 0.0583. The van der Waals surface area contributed by atoms with Crippen LogP contribution in [0.25, 0.3) is 0 Å². The number of amides is 2. The number of hydrogen-bond donors (Lipinski definition) is 0. The van der Waals surface area contributed by atoms with Crippen LogP contribution in [0, 0.1) is 6.92 Å². The highest BCUT2D eigenvalue weighted by Crippen LogP contribution is 2.22. The van der Waals surface area contributed by atoms with E-state index in [-0.39, 0.29) is 23.6 Å². The van der Waals surface area contributed by atoms with E-state index >= 15 is 0 Å². The number of carbonyl (C=O) groups is 2. The Bertz CT molecular complexity index is 874. The summed E-state index contributed by atoms with van der Waals surface area (Å²) in [7, 11) is 5.77. The Morgan fingerprint density at radius 3 is 2.53 bits per heavy atom. The van der Waals surface area contributed by atoms with Gasteiger partial charge in [0.05, 0.1) is 0 Å². The van der Waals surface area contributed by atoms with Gasteiger partial charge in [0.2, 0.25) is 0 Å². The lowest BCUT2D eigenvalue weighted by Crippen LogP contribution is -2.42. The zero-order valence-corrected chi connectivity index (χ0v) is 18.0. The normalized spacial score (nSPS) is 14.8. The molecule has 0 atom stereocenters. The van der Waals surface area contributed by atoms with E-state index in [2.05, 4.69) is 14.9 Å². The van der Waals surface area contributed by atoms with Crippen molar-refractivity contribution in [2.45, 2.75) is 25.9 Å². The molecule has 2 heterocycles. The van der Waals surface area contributed by atoms with Crippen molar-refractivity contribution >= 4 is 11.8 Å².